The number of nitrogens with zero attached hydrogens (tertiary/aromatic N) is 1. The van der Waals surface area contributed by atoms with Crippen molar-refractivity contribution in [2.45, 2.75) is 31.2 Å². The lowest BCUT2D eigenvalue weighted by molar-refractivity contribution is -0.117. The molecule has 0 heterocycles. The number of hydrogen-bond donors (Lipinski definition) is 1. The number of thioether (sulfide) groups is 1. The molecule has 1 amide bonds. The highest BCUT2D eigenvalue weighted by Crippen LogP contribution is 2.29. The zero-order chi connectivity index (χ0) is 20.2. The molecule has 0 unspecified atom stereocenters. The van der Waals surface area contributed by atoms with Crippen molar-refractivity contribution in [3.05, 3.63) is 53.1 Å². The molecule has 0 spiro atoms. The summed E-state index contributed by atoms with van der Waals surface area (Å²) in [7, 11) is -3.71. The third-order valence-corrected chi connectivity index (χ3v) is 6.20. The van der Waals surface area contributed by atoms with E-state index in [1.54, 1.807) is 49.9 Å². The minimum atomic E-state index is -3.71. The minimum absolute atomic E-state index is 0.313. The van der Waals surface area contributed by atoms with Gasteiger partial charge >= 0.3 is 0 Å². The Morgan fingerprint density at radius 1 is 1.26 bits per heavy atom. The van der Waals surface area contributed by atoms with Gasteiger partial charge in [-0.3, -0.25) is 9.10 Å². The lowest BCUT2D eigenvalue weighted by Crippen LogP contribution is -2.47. The Morgan fingerprint density at radius 2 is 1.96 bits per heavy atom. The molecule has 1 atom stereocenters. The summed E-state index contributed by atoms with van der Waals surface area (Å²) in [6.45, 7) is 3.57. The summed E-state index contributed by atoms with van der Waals surface area (Å²) in [6, 6.07) is 11.5. The highest BCUT2D eigenvalue weighted by atomic mass is 35.5. The van der Waals surface area contributed by atoms with E-state index in [1.165, 1.54) is 0 Å². The quantitative estimate of drug-likeness (QED) is 0.659. The normalized spacial score (nSPS) is 12.5. The summed E-state index contributed by atoms with van der Waals surface area (Å²) in [6.07, 6.45) is 3.35. The zero-order valence-corrected chi connectivity index (χ0v) is 18.1. The second-order valence-electron chi connectivity index (χ2n) is 6.13. The van der Waals surface area contributed by atoms with Crippen molar-refractivity contribution in [1.29, 1.82) is 0 Å². The van der Waals surface area contributed by atoms with Crippen LogP contribution in [0.5, 0.6) is 0 Å². The largest absolute Gasteiger partial charge is 0.324 e. The van der Waals surface area contributed by atoms with E-state index in [-0.39, 0.29) is 5.91 Å². The van der Waals surface area contributed by atoms with Crippen molar-refractivity contribution in [2.75, 3.05) is 22.1 Å². The molecule has 5 nitrogen and oxygen atoms in total. The van der Waals surface area contributed by atoms with Gasteiger partial charge in [-0.15, -0.1) is 11.8 Å². The number of nitrogens with one attached hydrogen (secondary N) is 1. The first-order valence-electron chi connectivity index (χ1n) is 8.37. The lowest BCUT2D eigenvalue weighted by atomic mass is 10.1. The second-order valence-corrected chi connectivity index (χ2v) is 9.31. The van der Waals surface area contributed by atoms with Crippen LogP contribution in [0.2, 0.25) is 5.02 Å². The summed E-state index contributed by atoms with van der Waals surface area (Å²) in [5, 5.41) is 3.24. The van der Waals surface area contributed by atoms with Crippen molar-refractivity contribution < 1.29 is 13.2 Å². The van der Waals surface area contributed by atoms with E-state index >= 15 is 0 Å². The first kappa shape index (κ1) is 21.6. The molecule has 0 aliphatic rings. The van der Waals surface area contributed by atoms with Gasteiger partial charge in [0.05, 0.1) is 11.9 Å². The number of carbonyl (C=O) groups is 1. The number of hydrogen-bond acceptors (Lipinski definition) is 4. The van der Waals surface area contributed by atoms with Crippen LogP contribution in [0.1, 0.15) is 18.9 Å². The number of rotatable bonds is 7. The van der Waals surface area contributed by atoms with Gasteiger partial charge in [-0.1, -0.05) is 30.7 Å². The molecule has 0 saturated carbocycles. The van der Waals surface area contributed by atoms with Crippen LogP contribution in [0.3, 0.4) is 0 Å². The molecule has 0 radical (unpaired) electrons. The number of amides is 1. The molecular formula is C19H23ClN2O3S2. The van der Waals surface area contributed by atoms with E-state index in [4.69, 9.17) is 11.6 Å². The molecule has 0 bridgehead atoms. The van der Waals surface area contributed by atoms with Crippen LogP contribution in [0, 0.1) is 6.92 Å². The van der Waals surface area contributed by atoms with Crippen LogP contribution in [0.4, 0.5) is 11.4 Å². The first-order valence-corrected chi connectivity index (χ1v) is 11.8. The molecule has 0 aliphatic carbocycles. The highest BCUT2D eigenvalue weighted by molar-refractivity contribution is 7.98. The molecule has 0 aliphatic heterocycles. The summed E-state index contributed by atoms with van der Waals surface area (Å²) in [5.74, 6) is -0.388. The Kier molecular flexibility index (Phi) is 7.19. The summed E-state index contributed by atoms with van der Waals surface area (Å²) < 4.78 is 26.3. The number of carbonyl (C=O) groups excluding carboxylic acids is 1. The molecule has 8 heteroatoms. The maximum Gasteiger partial charge on any atom is 0.248 e. The summed E-state index contributed by atoms with van der Waals surface area (Å²) in [4.78, 5) is 13.9. The molecule has 0 saturated heterocycles. The van der Waals surface area contributed by atoms with Crippen molar-refractivity contribution >= 4 is 50.7 Å². The van der Waals surface area contributed by atoms with Gasteiger partial charge in [0.2, 0.25) is 15.9 Å². The van der Waals surface area contributed by atoms with E-state index in [2.05, 4.69) is 5.32 Å². The number of halogens is 1. The maximum atomic E-state index is 12.9. The Balaban J connectivity index is 2.43. The Hall–Kier alpha value is -1.70. The van der Waals surface area contributed by atoms with Gasteiger partial charge in [-0.05, 0) is 55.5 Å². The van der Waals surface area contributed by atoms with Crippen molar-refractivity contribution in [3.63, 3.8) is 0 Å². The predicted octanol–water partition coefficient (Wildman–Crippen LogP) is 4.55. The van der Waals surface area contributed by atoms with Crippen LogP contribution in [-0.4, -0.2) is 32.9 Å². The van der Waals surface area contributed by atoms with Gasteiger partial charge in [0.25, 0.3) is 0 Å². The molecular weight excluding hydrogens is 404 g/mol. The van der Waals surface area contributed by atoms with Crippen LogP contribution < -0.4 is 9.62 Å². The predicted molar refractivity (Wildman–Crippen MR) is 114 cm³/mol. The fourth-order valence-electron chi connectivity index (χ4n) is 2.78. The van der Waals surface area contributed by atoms with Gasteiger partial charge in [0, 0.05) is 15.6 Å². The topological polar surface area (TPSA) is 66.5 Å². The van der Waals surface area contributed by atoms with E-state index < -0.39 is 16.1 Å². The van der Waals surface area contributed by atoms with Crippen LogP contribution >= 0.6 is 23.4 Å². The van der Waals surface area contributed by atoms with E-state index in [0.717, 1.165) is 21.0 Å². The fraction of sp³-hybridized carbons (Fsp3) is 0.316. The number of benzene rings is 2. The number of sulfonamides is 1. The molecule has 146 valence electrons. The van der Waals surface area contributed by atoms with Crippen LogP contribution in [0.15, 0.2) is 47.4 Å². The van der Waals surface area contributed by atoms with E-state index in [9.17, 15) is 13.2 Å². The first-order chi connectivity index (χ1) is 12.7. The van der Waals surface area contributed by atoms with Crippen molar-refractivity contribution in [2.24, 2.45) is 0 Å². The Morgan fingerprint density at radius 3 is 2.56 bits per heavy atom. The van der Waals surface area contributed by atoms with E-state index in [1.807, 2.05) is 24.5 Å². The second kappa shape index (κ2) is 8.99. The van der Waals surface area contributed by atoms with Gasteiger partial charge in [0.1, 0.15) is 6.04 Å². The molecule has 0 fully saturated rings. The van der Waals surface area contributed by atoms with Crippen molar-refractivity contribution in [3.8, 4) is 0 Å². The summed E-state index contributed by atoms with van der Waals surface area (Å²) in [5.41, 5.74) is 1.76. The van der Waals surface area contributed by atoms with Gasteiger partial charge < -0.3 is 5.32 Å². The average Bonchev–Trinajstić information content (AvgIpc) is 2.61. The Bertz CT molecular complexity index is 932. The molecule has 2 aromatic rings. The third kappa shape index (κ3) is 5.40. The highest BCUT2D eigenvalue weighted by Gasteiger charge is 2.32. The number of anilines is 2. The van der Waals surface area contributed by atoms with Crippen molar-refractivity contribution in [1.82, 2.24) is 0 Å². The standard InChI is InChI=1S/C19H23ClN2O3S2/c1-5-17(19(23)21-15-7-6-8-16(12-15)26-3)22(27(4,24)25)18-11-14(20)10-9-13(18)2/h6-12,17H,5H2,1-4H3,(H,21,23)/t17-/m1/s1. The van der Waals surface area contributed by atoms with Crippen LogP contribution in [-0.2, 0) is 14.8 Å². The molecule has 0 aromatic heterocycles. The van der Waals surface area contributed by atoms with Crippen LogP contribution in [0.25, 0.3) is 0 Å². The molecule has 1 N–H and O–H groups in total. The molecule has 27 heavy (non-hydrogen) atoms. The summed E-state index contributed by atoms with van der Waals surface area (Å²) >= 11 is 7.64. The molecule has 2 rings (SSSR count). The Labute approximate surface area is 170 Å². The maximum absolute atomic E-state index is 12.9. The number of aryl methyl sites for hydroxylation is 1. The lowest BCUT2D eigenvalue weighted by Gasteiger charge is -2.31. The SMILES string of the molecule is CC[C@H](C(=O)Nc1cccc(SC)c1)N(c1cc(Cl)ccc1C)S(C)(=O)=O. The molecule has 2 aromatic carbocycles. The smallest absolute Gasteiger partial charge is 0.248 e. The van der Waals surface area contributed by atoms with Gasteiger partial charge in [0.15, 0.2) is 0 Å². The monoisotopic (exact) mass is 426 g/mol. The zero-order valence-electron chi connectivity index (χ0n) is 15.7. The fourth-order valence-corrected chi connectivity index (χ4v) is 4.67. The van der Waals surface area contributed by atoms with E-state index in [0.29, 0.717) is 22.8 Å². The van der Waals surface area contributed by atoms with Gasteiger partial charge in [-0.25, -0.2) is 8.42 Å². The third-order valence-electron chi connectivity index (χ3n) is 4.08. The minimum Gasteiger partial charge on any atom is -0.324 e. The average molecular weight is 427 g/mol. The van der Waals surface area contributed by atoms with Gasteiger partial charge in [-0.2, -0.15) is 0 Å².